The lowest BCUT2D eigenvalue weighted by atomic mass is 9.84. The number of hydrogen-bond acceptors (Lipinski definition) is 2. The summed E-state index contributed by atoms with van der Waals surface area (Å²) in [6.45, 7) is 2.17. The third-order valence-corrected chi connectivity index (χ3v) is 4.10. The number of hydrogen-bond donors (Lipinski definition) is 2. The number of carbonyl (C=O) groups excluding carboxylic acids is 1. The van der Waals surface area contributed by atoms with E-state index in [9.17, 15) is 13.6 Å². The van der Waals surface area contributed by atoms with Crippen LogP contribution in [0.4, 0.5) is 14.5 Å². The molecule has 2 rings (SSSR count). The Hall–Kier alpha value is -1.65. The van der Waals surface area contributed by atoms with Crippen LogP contribution in [0.1, 0.15) is 49.4 Å². The quantitative estimate of drug-likeness (QED) is 0.836. The van der Waals surface area contributed by atoms with Crippen molar-refractivity contribution in [1.29, 1.82) is 0 Å². The molecule has 3 nitrogen and oxygen atoms in total. The minimum atomic E-state index is -0.898. The van der Waals surface area contributed by atoms with Gasteiger partial charge in [-0.05, 0) is 43.7 Å². The average Bonchev–Trinajstić information content (AvgIpc) is 2.45. The molecule has 1 aromatic carbocycles. The van der Waals surface area contributed by atoms with E-state index in [1.54, 1.807) is 0 Å². The first-order valence-corrected chi connectivity index (χ1v) is 7.06. The molecule has 1 aliphatic carbocycles. The van der Waals surface area contributed by atoms with E-state index in [4.69, 9.17) is 5.73 Å². The van der Waals surface area contributed by atoms with Crippen LogP contribution in [0.25, 0.3) is 0 Å². The molecule has 0 heterocycles. The summed E-state index contributed by atoms with van der Waals surface area (Å²) < 4.78 is 26.7. The van der Waals surface area contributed by atoms with Gasteiger partial charge in [0.25, 0.3) is 5.91 Å². The van der Waals surface area contributed by atoms with Crippen molar-refractivity contribution in [3.05, 3.63) is 29.3 Å². The smallest absolute Gasteiger partial charge is 0.251 e. The highest BCUT2D eigenvalue weighted by Crippen LogP contribution is 2.26. The van der Waals surface area contributed by atoms with E-state index in [0.29, 0.717) is 0 Å². The fourth-order valence-corrected chi connectivity index (χ4v) is 2.70. The molecule has 20 heavy (non-hydrogen) atoms. The molecule has 1 aliphatic rings. The van der Waals surface area contributed by atoms with Gasteiger partial charge in [0, 0.05) is 11.6 Å². The summed E-state index contributed by atoms with van der Waals surface area (Å²) in [5, 5.41) is 2.84. The molecule has 1 aromatic rings. The van der Waals surface area contributed by atoms with Crippen LogP contribution in [0.5, 0.6) is 0 Å². The maximum absolute atomic E-state index is 13.3. The highest BCUT2D eigenvalue weighted by molar-refractivity contribution is 5.94. The predicted octanol–water partition coefficient (Wildman–Crippen LogP) is 3.25. The second-order valence-corrected chi connectivity index (χ2v) is 5.45. The van der Waals surface area contributed by atoms with Gasteiger partial charge in [0.1, 0.15) is 17.3 Å². The van der Waals surface area contributed by atoms with Crippen LogP contribution in [0.15, 0.2) is 12.1 Å². The molecule has 0 unspecified atom stereocenters. The monoisotopic (exact) mass is 282 g/mol. The normalized spacial score (nSPS) is 22.6. The van der Waals surface area contributed by atoms with E-state index in [0.717, 1.165) is 50.2 Å². The zero-order valence-electron chi connectivity index (χ0n) is 11.6. The Morgan fingerprint density at radius 3 is 2.30 bits per heavy atom. The summed E-state index contributed by atoms with van der Waals surface area (Å²) in [6, 6.07) is 2.05. The molecular weight excluding hydrogens is 262 g/mol. The molecule has 0 spiro atoms. The molecule has 0 aromatic heterocycles. The Labute approximate surface area is 117 Å². The van der Waals surface area contributed by atoms with Crippen molar-refractivity contribution < 1.29 is 13.6 Å². The highest BCUT2D eigenvalue weighted by atomic mass is 19.1. The van der Waals surface area contributed by atoms with Gasteiger partial charge >= 0.3 is 0 Å². The lowest BCUT2D eigenvalue weighted by Crippen LogP contribution is -2.37. The topological polar surface area (TPSA) is 55.1 Å². The minimum absolute atomic E-state index is 0.0215. The Kier molecular flexibility index (Phi) is 4.57. The van der Waals surface area contributed by atoms with E-state index in [1.807, 2.05) is 0 Å². The van der Waals surface area contributed by atoms with Gasteiger partial charge in [-0.2, -0.15) is 0 Å². The van der Waals surface area contributed by atoms with Crippen LogP contribution in [0, 0.1) is 17.6 Å². The highest BCUT2D eigenvalue weighted by Gasteiger charge is 2.22. The van der Waals surface area contributed by atoms with Gasteiger partial charge in [0.05, 0.1) is 0 Å². The zero-order chi connectivity index (χ0) is 14.7. The van der Waals surface area contributed by atoms with Gasteiger partial charge in [-0.3, -0.25) is 4.79 Å². The molecule has 110 valence electrons. The van der Waals surface area contributed by atoms with Crippen molar-refractivity contribution >= 4 is 11.6 Å². The number of halogens is 2. The van der Waals surface area contributed by atoms with Gasteiger partial charge in [-0.1, -0.05) is 13.3 Å². The lowest BCUT2D eigenvalue weighted by molar-refractivity contribution is 0.0920. The summed E-state index contributed by atoms with van der Waals surface area (Å²) in [7, 11) is 0. The molecule has 1 saturated carbocycles. The van der Waals surface area contributed by atoms with Gasteiger partial charge in [0.15, 0.2) is 0 Å². The Balaban J connectivity index is 1.99. The molecule has 0 atom stereocenters. The fraction of sp³-hybridized carbons (Fsp3) is 0.533. The molecule has 0 radical (unpaired) electrons. The summed E-state index contributed by atoms with van der Waals surface area (Å²) in [5.74, 6) is -1.51. The molecular formula is C15H20F2N2O. The first-order valence-electron chi connectivity index (χ1n) is 7.06. The van der Waals surface area contributed by atoms with Gasteiger partial charge < -0.3 is 11.1 Å². The number of rotatable bonds is 3. The predicted molar refractivity (Wildman–Crippen MR) is 74.3 cm³/mol. The van der Waals surface area contributed by atoms with Crippen LogP contribution in [-0.4, -0.2) is 11.9 Å². The second kappa shape index (κ2) is 6.20. The third kappa shape index (κ3) is 3.26. The van der Waals surface area contributed by atoms with Crippen molar-refractivity contribution in [1.82, 2.24) is 5.32 Å². The Morgan fingerprint density at radius 1 is 1.25 bits per heavy atom. The van der Waals surface area contributed by atoms with Crippen LogP contribution in [0.3, 0.4) is 0 Å². The van der Waals surface area contributed by atoms with Crippen LogP contribution in [-0.2, 0) is 0 Å². The van der Waals surface area contributed by atoms with Crippen molar-refractivity contribution in [2.75, 3.05) is 5.73 Å². The van der Waals surface area contributed by atoms with Crippen LogP contribution in [0.2, 0.25) is 0 Å². The minimum Gasteiger partial charge on any atom is -0.394 e. The second-order valence-electron chi connectivity index (χ2n) is 5.45. The van der Waals surface area contributed by atoms with Crippen LogP contribution < -0.4 is 11.1 Å². The largest absolute Gasteiger partial charge is 0.394 e. The zero-order valence-corrected chi connectivity index (χ0v) is 11.6. The SMILES string of the molecule is CCC1CCC(NC(=O)c2cc(F)c(N)c(F)c2)CC1. The number of nitrogens with one attached hydrogen (secondary N) is 1. The summed E-state index contributed by atoms with van der Waals surface area (Å²) in [4.78, 5) is 12.0. The van der Waals surface area contributed by atoms with Crippen molar-refractivity contribution in [2.45, 2.75) is 45.1 Å². The number of benzene rings is 1. The van der Waals surface area contributed by atoms with Crippen LogP contribution >= 0.6 is 0 Å². The Bertz CT molecular complexity index is 474. The third-order valence-electron chi connectivity index (χ3n) is 4.10. The molecule has 0 aliphatic heterocycles. The molecule has 1 amide bonds. The molecule has 1 fully saturated rings. The fourth-order valence-electron chi connectivity index (χ4n) is 2.70. The molecule has 3 N–H and O–H groups in total. The number of nitrogens with two attached hydrogens (primary N) is 1. The number of carbonyl (C=O) groups is 1. The summed E-state index contributed by atoms with van der Waals surface area (Å²) in [5.41, 5.74) is 4.61. The maximum Gasteiger partial charge on any atom is 0.251 e. The Morgan fingerprint density at radius 2 is 1.80 bits per heavy atom. The first kappa shape index (κ1) is 14.8. The first-order chi connectivity index (χ1) is 9.51. The van der Waals surface area contributed by atoms with Crippen molar-refractivity contribution in [2.24, 2.45) is 5.92 Å². The van der Waals surface area contributed by atoms with Gasteiger partial charge in [-0.25, -0.2) is 8.78 Å². The molecule has 0 saturated heterocycles. The number of anilines is 1. The summed E-state index contributed by atoms with van der Waals surface area (Å²) >= 11 is 0. The van der Waals surface area contributed by atoms with Gasteiger partial charge in [-0.15, -0.1) is 0 Å². The molecule has 5 heteroatoms. The van der Waals surface area contributed by atoms with Crippen molar-refractivity contribution in [3.63, 3.8) is 0 Å². The van der Waals surface area contributed by atoms with E-state index in [-0.39, 0.29) is 11.6 Å². The van der Waals surface area contributed by atoms with E-state index >= 15 is 0 Å². The summed E-state index contributed by atoms with van der Waals surface area (Å²) in [6.07, 6.45) is 5.18. The number of amides is 1. The number of nitrogen functional groups attached to an aromatic ring is 1. The molecule has 0 bridgehead atoms. The lowest BCUT2D eigenvalue weighted by Gasteiger charge is -2.28. The van der Waals surface area contributed by atoms with E-state index < -0.39 is 23.2 Å². The van der Waals surface area contributed by atoms with Gasteiger partial charge in [0.2, 0.25) is 0 Å². The average molecular weight is 282 g/mol. The van der Waals surface area contributed by atoms with Crippen molar-refractivity contribution in [3.8, 4) is 0 Å². The standard InChI is InChI=1S/C15H20F2N2O/c1-2-9-3-5-11(6-4-9)19-15(20)10-7-12(16)14(18)13(17)8-10/h7-9,11H,2-6,18H2,1H3,(H,19,20). The van der Waals surface area contributed by atoms with E-state index in [2.05, 4.69) is 12.2 Å². The van der Waals surface area contributed by atoms with E-state index in [1.165, 1.54) is 0 Å². The maximum atomic E-state index is 13.3.